The molecule has 16 heavy (non-hydrogen) atoms. The number of halogens is 1. The minimum Gasteiger partial charge on any atom is -0.380 e. The number of alkyl halides is 1. The van der Waals surface area contributed by atoms with Crippen LogP contribution in [-0.2, 0) is 9.53 Å². The highest BCUT2D eigenvalue weighted by atomic mass is 79.9. The zero-order valence-electron chi connectivity index (χ0n) is 10.9. The molecule has 0 heterocycles. The van der Waals surface area contributed by atoms with E-state index in [-0.39, 0.29) is 16.8 Å². The van der Waals surface area contributed by atoms with E-state index in [1.165, 1.54) is 0 Å². The van der Waals surface area contributed by atoms with Gasteiger partial charge in [-0.3, -0.25) is 4.79 Å². The Morgan fingerprint density at radius 3 is 2.19 bits per heavy atom. The van der Waals surface area contributed by atoms with Gasteiger partial charge in [-0.25, -0.2) is 0 Å². The largest absolute Gasteiger partial charge is 0.380 e. The van der Waals surface area contributed by atoms with Crippen molar-refractivity contribution in [1.82, 2.24) is 5.32 Å². The van der Waals surface area contributed by atoms with Gasteiger partial charge >= 0.3 is 0 Å². The van der Waals surface area contributed by atoms with Crippen LogP contribution in [0.25, 0.3) is 0 Å². The predicted molar refractivity (Wildman–Crippen MR) is 70.8 cm³/mol. The molecule has 1 N–H and O–H groups in total. The molecular formula is C12H24BrNO2. The second-order valence-corrected chi connectivity index (χ2v) is 5.65. The van der Waals surface area contributed by atoms with Gasteiger partial charge in [-0.2, -0.15) is 0 Å². The third-order valence-electron chi connectivity index (χ3n) is 2.47. The van der Waals surface area contributed by atoms with Gasteiger partial charge in [0.1, 0.15) is 0 Å². The lowest BCUT2D eigenvalue weighted by Crippen LogP contribution is -2.46. The maximum Gasteiger partial charge on any atom is 0.234 e. The maximum absolute atomic E-state index is 11.8. The fourth-order valence-corrected chi connectivity index (χ4v) is 1.34. The Balaban J connectivity index is 4.23. The molecule has 0 fully saturated rings. The second kappa shape index (κ2) is 8.07. The third kappa shape index (κ3) is 5.85. The van der Waals surface area contributed by atoms with Crippen LogP contribution >= 0.6 is 15.9 Å². The number of hydrogen-bond acceptors (Lipinski definition) is 2. The fourth-order valence-electron chi connectivity index (χ4n) is 1.21. The van der Waals surface area contributed by atoms with Gasteiger partial charge in [0, 0.05) is 6.61 Å². The minimum absolute atomic E-state index is 0.0494. The summed E-state index contributed by atoms with van der Waals surface area (Å²) >= 11 is 3.40. The Labute approximate surface area is 107 Å². The summed E-state index contributed by atoms with van der Waals surface area (Å²) in [7, 11) is 0. The first-order valence-electron chi connectivity index (χ1n) is 5.92. The highest BCUT2D eigenvalue weighted by Gasteiger charge is 2.23. The Morgan fingerprint density at radius 2 is 1.81 bits per heavy atom. The normalized spacial score (nSPS) is 15.2. The summed E-state index contributed by atoms with van der Waals surface area (Å²) in [4.78, 5) is 11.7. The Morgan fingerprint density at radius 1 is 1.25 bits per heavy atom. The van der Waals surface area contributed by atoms with E-state index in [9.17, 15) is 4.79 Å². The van der Waals surface area contributed by atoms with Crippen LogP contribution in [0.2, 0.25) is 0 Å². The van der Waals surface area contributed by atoms with Gasteiger partial charge in [-0.15, -0.1) is 0 Å². The number of carbonyl (C=O) groups excluding carboxylic acids is 1. The van der Waals surface area contributed by atoms with Crippen LogP contribution in [0.4, 0.5) is 0 Å². The van der Waals surface area contributed by atoms with E-state index < -0.39 is 0 Å². The first-order valence-corrected chi connectivity index (χ1v) is 6.83. The summed E-state index contributed by atoms with van der Waals surface area (Å²) < 4.78 is 5.37. The highest BCUT2D eigenvalue weighted by Crippen LogP contribution is 2.13. The summed E-state index contributed by atoms with van der Waals surface area (Å²) in [5.41, 5.74) is 0. The van der Waals surface area contributed by atoms with Gasteiger partial charge in [0.2, 0.25) is 5.91 Å². The molecule has 0 aromatic rings. The zero-order chi connectivity index (χ0) is 12.7. The lowest BCUT2D eigenvalue weighted by Gasteiger charge is -2.24. The molecule has 0 spiro atoms. The number of hydrogen-bond donors (Lipinski definition) is 1. The zero-order valence-corrected chi connectivity index (χ0v) is 12.5. The van der Waals surface area contributed by atoms with E-state index in [0.717, 1.165) is 0 Å². The van der Waals surface area contributed by atoms with Crippen LogP contribution in [0.1, 0.15) is 34.6 Å². The highest BCUT2D eigenvalue weighted by molar-refractivity contribution is 9.10. The molecule has 0 aliphatic carbocycles. The van der Waals surface area contributed by atoms with E-state index in [4.69, 9.17) is 4.74 Å². The lowest BCUT2D eigenvalue weighted by atomic mass is 10.0. The Kier molecular flexibility index (Phi) is 8.02. The molecule has 2 atom stereocenters. The summed E-state index contributed by atoms with van der Waals surface area (Å²) in [6.07, 6.45) is 0. The molecule has 1 amide bonds. The van der Waals surface area contributed by atoms with Crippen molar-refractivity contribution in [3.05, 3.63) is 0 Å². The van der Waals surface area contributed by atoms with Crippen molar-refractivity contribution in [2.45, 2.75) is 45.5 Å². The van der Waals surface area contributed by atoms with Crippen LogP contribution in [0.3, 0.4) is 0 Å². The minimum atomic E-state index is -0.129. The number of nitrogens with one attached hydrogen (secondary N) is 1. The number of amides is 1. The molecule has 2 unspecified atom stereocenters. The van der Waals surface area contributed by atoms with Crippen LogP contribution in [-0.4, -0.2) is 30.0 Å². The standard InChI is InChI=1S/C12H24BrNO2/c1-6-16-7-10(8(2)3)14-12(15)11(13)9(4)5/h8-11H,6-7H2,1-5H3,(H,14,15). The molecule has 0 bridgehead atoms. The molecule has 0 saturated carbocycles. The van der Waals surface area contributed by atoms with Crippen molar-refractivity contribution < 1.29 is 9.53 Å². The lowest BCUT2D eigenvalue weighted by molar-refractivity contribution is -0.122. The average molecular weight is 294 g/mol. The molecule has 0 aliphatic rings. The van der Waals surface area contributed by atoms with Crippen LogP contribution in [0, 0.1) is 11.8 Å². The fraction of sp³-hybridized carbons (Fsp3) is 0.917. The van der Waals surface area contributed by atoms with Gasteiger partial charge in [0.15, 0.2) is 0 Å². The topological polar surface area (TPSA) is 38.3 Å². The van der Waals surface area contributed by atoms with Gasteiger partial charge in [0.25, 0.3) is 0 Å². The van der Waals surface area contributed by atoms with E-state index in [0.29, 0.717) is 25.0 Å². The molecular weight excluding hydrogens is 270 g/mol. The summed E-state index contributed by atoms with van der Waals surface area (Å²) in [5.74, 6) is 0.718. The maximum atomic E-state index is 11.8. The number of rotatable bonds is 7. The molecule has 0 aliphatic heterocycles. The van der Waals surface area contributed by atoms with Gasteiger partial charge in [-0.05, 0) is 18.8 Å². The van der Waals surface area contributed by atoms with Gasteiger partial charge < -0.3 is 10.1 Å². The van der Waals surface area contributed by atoms with Crippen molar-refractivity contribution in [1.29, 1.82) is 0 Å². The molecule has 0 aromatic carbocycles. The summed E-state index contributed by atoms with van der Waals surface area (Å²) in [5, 5.41) is 3.02. The summed E-state index contributed by atoms with van der Waals surface area (Å²) in [6, 6.07) is 0.0891. The van der Waals surface area contributed by atoms with Crippen molar-refractivity contribution in [2.75, 3.05) is 13.2 Å². The molecule has 0 aromatic heterocycles. The quantitative estimate of drug-likeness (QED) is 0.733. The van der Waals surface area contributed by atoms with E-state index in [1.54, 1.807) is 0 Å². The molecule has 0 rings (SSSR count). The van der Waals surface area contributed by atoms with Crippen molar-refractivity contribution >= 4 is 21.8 Å². The monoisotopic (exact) mass is 293 g/mol. The number of ether oxygens (including phenoxy) is 1. The third-order valence-corrected chi connectivity index (χ3v) is 3.94. The molecule has 0 saturated heterocycles. The van der Waals surface area contributed by atoms with Gasteiger partial charge in [0.05, 0.1) is 17.5 Å². The smallest absolute Gasteiger partial charge is 0.234 e. The van der Waals surface area contributed by atoms with E-state index >= 15 is 0 Å². The Bertz CT molecular complexity index is 207. The van der Waals surface area contributed by atoms with Crippen LogP contribution in [0.15, 0.2) is 0 Å². The molecule has 0 radical (unpaired) electrons. The SMILES string of the molecule is CCOCC(NC(=O)C(Br)C(C)C)C(C)C. The van der Waals surface area contributed by atoms with Gasteiger partial charge in [-0.1, -0.05) is 43.6 Å². The van der Waals surface area contributed by atoms with E-state index in [1.807, 2.05) is 20.8 Å². The Hall–Kier alpha value is -0.0900. The predicted octanol–water partition coefficient (Wildman–Crippen LogP) is 2.58. The number of carbonyl (C=O) groups is 1. The van der Waals surface area contributed by atoms with Crippen molar-refractivity contribution in [3.8, 4) is 0 Å². The average Bonchev–Trinajstić information content (AvgIpc) is 2.21. The first-order chi connectivity index (χ1) is 7.40. The molecule has 3 nitrogen and oxygen atoms in total. The van der Waals surface area contributed by atoms with Crippen LogP contribution in [0.5, 0.6) is 0 Å². The molecule has 4 heteroatoms. The van der Waals surface area contributed by atoms with Crippen molar-refractivity contribution in [2.24, 2.45) is 11.8 Å². The summed E-state index contributed by atoms with van der Waals surface area (Å²) in [6.45, 7) is 11.4. The first kappa shape index (κ1) is 15.9. The second-order valence-electron chi connectivity index (χ2n) is 4.66. The molecule has 96 valence electrons. The van der Waals surface area contributed by atoms with Crippen molar-refractivity contribution in [3.63, 3.8) is 0 Å². The van der Waals surface area contributed by atoms with E-state index in [2.05, 4.69) is 35.1 Å². The van der Waals surface area contributed by atoms with Crippen LogP contribution < -0.4 is 5.32 Å².